The molecule has 1 aliphatic heterocycles. The Hall–Kier alpha value is -3.05. The number of carbonyl (C=O) groups is 1. The summed E-state index contributed by atoms with van der Waals surface area (Å²) in [5.74, 6) is 1.46. The van der Waals surface area contributed by atoms with Gasteiger partial charge in [-0.3, -0.25) is 9.88 Å². The largest absolute Gasteiger partial charge is 0.497 e. The normalized spacial score (nSPS) is 14.6. The highest BCUT2D eigenvalue weighted by Crippen LogP contribution is 2.31. The fourth-order valence-corrected chi connectivity index (χ4v) is 4.52. The molecule has 37 heavy (non-hydrogen) atoms. The van der Waals surface area contributed by atoms with Crippen LogP contribution in [0.3, 0.4) is 0 Å². The topological polar surface area (TPSA) is 93.4 Å². The van der Waals surface area contributed by atoms with Crippen LogP contribution in [0, 0.1) is 0 Å². The summed E-state index contributed by atoms with van der Waals surface area (Å²) in [5.41, 5.74) is 1.82. The van der Waals surface area contributed by atoms with Crippen molar-refractivity contribution in [2.75, 3.05) is 58.4 Å². The minimum atomic E-state index is -0.499. The number of aromatic nitrogens is 2. The number of nitrogens with zero attached hydrogens (tertiary/aromatic N) is 5. The standard InChI is InChI=1S/C26H34BrN5O5/c1-26(2,3)37-25(33)31-11-8-30(9-12-31)10-13-32(17-18-6-7-19(34-4)14-22(18)35-5)24-29-21-16-28-15-20(27)23(21)36-24/h6-7,14-16H,8-13,17H2,1-5H3. The highest BCUT2D eigenvalue weighted by atomic mass is 79.9. The molecule has 11 heteroatoms. The molecule has 200 valence electrons. The Kier molecular flexibility index (Phi) is 8.43. The zero-order chi connectivity index (χ0) is 26.6. The molecule has 0 spiro atoms. The molecular weight excluding hydrogens is 542 g/mol. The van der Waals surface area contributed by atoms with Crippen LogP contribution in [-0.2, 0) is 11.3 Å². The lowest BCUT2D eigenvalue weighted by molar-refractivity contribution is 0.0147. The van der Waals surface area contributed by atoms with E-state index in [9.17, 15) is 4.79 Å². The van der Waals surface area contributed by atoms with Gasteiger partial charge in [0.2, 0.25) is 0 Å². The summed E-state index contributed by atoms with van der Waals surface area (Å²) < 4.78 is 23.4. The summed E-state index contributed by atoms with van der Waals surface area (Å²) in [6.07, 6.45) is 3.12. The van der Waals surface area contributed by atoms with Gasteiger partial charge in [0.05, 0.1) is 31.4 Å². The van der Waals surface area contributed by atoms with Crippen LogP contribution in [-0.4, -0.2) is 85.0 Å². The van der Waals surface area contributed by atoms with Crippen LogP contribution in [0.25, 0.3) is 11.1 Å². The molecule has 0 N–H and O–H groups in total. The average molecular weight is 576 g/mol. The molecule has 0 radical (unpaired) electrons. The van der Waals surface area contributed by atoms with Crippen molar-refractivity contribution in [2.24, 2.45) is 0 Å². The number of hydrogen-bond acceptors (Lipinski definition) is 9. The Labute approximate surface area is 225 Å². The highest BCUT2D eigenvalue weighted by Gasteiger charge is 2.26. The number of halogens is 1. The van der Waals surface area contributed by atoms with Crippen LogP contribution in [0.5, 0.6) is 11.5 Å². The second-order valence-corrected chi connectivity index (χ2v) is 10.7. The van der Waals surface area contributed by atoms with Gasteiger partial charge in [0.1, 0.15) is 22.6 Å². The summed E-state index contributed by atoms with van der Waals surface area (Å²) in [5, 5.41) is 0. The van der Waals surface area contributed by atoms with E-state index >= 15 is 0 Å². The lowest BCUT2D eigenvalue weighted by Crippen LogP contribution is -2.51. The van der Waals surface area contributed by atoms with Crippen LogP contribution >= 0.6 is 15.9 Å². The van der Waals surface area contributed by atoms with Gasteiger partial charge in [-0.2, -0.15) is 4.98 Å². The zero-order valence-corrected chi connectivity index (χ0v) is 23.6. The molecule has 0 unspecified atom stereocenters. The van der Waals surface area contributed by atoms with Crippen molar-refractivity contribution in [3.8, 4) is 11.5 Å². The number of benzene rings is 1. The number of oxazole rings is 1. The molecule has 10 nitrogen and oxygen atoms in total. The van der Waals surface area contributed by atoms with Gasteiger partial charge in [-0.15, -0.1) is 0 Å². The minimum Gasteiger partial charge on any atom is -0.497 e. The van der Waals surface area contributed by atoms with E-state index < -0.39 is 5.60 Å². The average Bonchev–Trinajstić information content (AvgIpc) is 3.31. The molecule has 1 aromatic carbocycles. The summed E-state index contributed by atoms with van der Waals surface area (Å²) in [6.45, 7) is 10.4. The first kappa shape index (κ1) is 27.0. The number of rotatable bonds is 8. The Balaban J connectivity index is 1.48. The minimum absolute atomic E-state index is 0.258. The van der Waals surface area contributed by atoms with Crippen molar-refractivity contribution in [1.82, 2.24) is 19.8 Å². The molecule has 1 fully saturated rings. The molecule has 3 heterocycles. The summed E-state index contributed by atoms with van der Waals surface area (Å²) in [7, 11) is 3.28. The van der Waals surface area contributed by atoms with Crippen LogP contribution in [0.15, 0.2) is 39.5 Å². The Morgan fingerprint density at radius 3 is 2.54 bits per heavy atom. The van der Waals surface area contributed by atoms with Crippen molar-refractivity contribution in [3.63, 3.8) is 0 Å². The van der Waals surface area contributed by atoms with Gasteiger partial charge in [0.25, 0.3) is 6.01 Å². The lowest BCUT2D eigenvalue weighted by atomic mass is 10.1. The molecule has 3 aromatic rings. The SMILES string of the molecule is COc1ccc(CN(CCN2CCN(C(=O)OC(C)(C)C)CC2)c2nc3cncc(Br)c3o2)c(OC)c1. The number of methoxy groups -OCH3 is 2. The maximum absolute atomic E-state index is 12.4. The van der Waals surface area contributed by atoms with Crippen LogP contribution in [0.2, 0.25) is 0 Å². The number of piperazine rings is 1. The molecule has 1 aliphatic rings. The third-order valence-corrected chi connectivity index (χ3v) is 6.64. The number of hydrogen-bond donors (Lipinski definition) is 0. The fourth-order valence-electron chi connectivity index (χ4n) is 4.12. The zero-order valence-electron chi connectivity index (χ0n) is 22.0. The van der Waals surface area contributed by atoms with E-state index in [1.807, 2.05) is 39.0 Å². The summed E-state index contributed by atoms with van der Waals surface area (Å²) in [4.78, 5) is 27.5. The number of carbonyl (C=O) groups excluding carboxylic acids is 1. The van der Waals surface area contributed by atoms with E-state index in [0.717, 1.165) is 41.2 Å². The third-order valence-electron chi connectivity index (χ3n) is 6.08. The van der Waals surface area contributed by atoms with Crippen molar-refractivity contribution < 1.29 is 23.4 Å². The number of anilines is 1. The van der Waals surface area contributed by atoms with Crippen molar-refractivity contribution in [2.45, 2.75) is 32.9 Å². The van der Waals surface area contributed by atoms with Gasteiger partial charge in [-0.05, 0) is 48.8 Å². The number of pyridine rings is 1. The smallest absolute Gasteiger partial charge is 0.410 e. The molecule has 0 saturated carbocycles. The summed E-state index contributed by atoms with van der Waals surface area (Å²) >= 11 is 3.50. The van der Waals surface area contributed by atoms with Gasteiger partial charge in [0.15, 0.2) is 5.58 Å². The second kappa shape index (κ2) is 11.6. The third kappa shape index (κ3) is 6.84. The first-order valence-electron chi connectivity index (χ1n) is 12.2. The monoisotopic (exact) mass is 575 g/mol. The van der Waals surface area contributed by atoms with E-state index in [0.29, 0.717) is 43.3 Å². The van der Waals surface area contributed by atoms with Crippen LogP contribution in [0.1, 0.15) is 26.3 Å². The van der Waals surface area contributed by atoms with Gasteiger partial charge in [-0.25, -0.2) is 4.79 Å². The van der Waals surface area contributed by atoms with Gasteiger partial charge in [0, 0.05) is 57.1 Å². The van der Waals surface area contributed by atoms with Crippen molar-refractivity contribution >= 4 is 39.1 Å². The number of amides is 1. The molecule has 4 rings (SSSR count). The van der Waals surface area contributed by atoms with Crippen LogP contribution in [0.4, 0.5) is 10.8 Å². The maximum Gasteiger partial charge on any atom is 0.410 e. The number of ether oxygens (including phenoxy) is 3. The Bertz CT molecular complexity index is 1220. The Morgan fingerprint density at radius 2 is 1.89 bits per heavy atom. The van der Waals surface area contributed by atoms with E-state index in [1.165, 1.54) is 0 Å². The highest BCUT2D eigenvalue weighted by molar-refractivity contribution is 9.10. The summed E-state index contributed by atoms with van der Waals surface area (Å²) in [6, 6.07) is 6.28. The maximum atomic E-state index is 12.4. The molecule has 2 aromatic heterocycles. The molecule has 0 atom stereocenters. The molecule has 0 aliphatic carbocycles. The first-order chi connectivity index (χ1) is 17.7. The molecule has 1 saturated heterocycles. The fraction of sp³-hybridized carbons (Fsp3) is 0.500. The van der Waals surface area contributed by atoms with E-state index in [-0.39, 0.29) is 6.09 Å². The lowest BCUT2D eigenvalue weighted by Gasteiger charge is -2.36. The molecule has 0 bridgehead atoms. The van der Waals surface area contributed by atoms with Gasteiger partial charge < -0.3 is 28.4 Å². The Morgan fingerprint density at radius 1 is 1.14 bits per heavy atom. The number of fused-ring (bicyclic) bond motifs is 1. The van der Waals surface area contributed by atoms with E-state index in [1.54, 1.807) is 31.5 Å². The second-order valence-electron chi connectivity index (χ2n) is 9.87. The van der Waals surface area contributed by atoms with E-state index in [2.05, 4.69) is 30.7 Å². The predicted octanol–water partition coefficient (Wildman–Crippen LogP) is 4.56. The van der Waals surface area contributed by atoms with Gasteiger partial charge in [-0.1, -0.05) is 0 Å². The molecular formula is C26H34BrN5O5. The van der Waals surface area contributed by atoms with Gasteiger partial charge >= 0.3 is 6.09 Å². The van der Waals surface area contributed by atoms with Crippen molar-refractivity contribution in [3.05, 3.63) is 40.6 Å². The van der Waals surface area contributed by atoms with Crippen molar-refractivity contribution in [1.29, 1.82) is 0 Å². The van der Waals surface area contributed by atoms with Crippen LogP contribution < -0.4 is 14.4 Å². The first-order valence-corrected chi connectivity index (χ1v) is 13.0. The van der Waals surface area contributed by atoms with E-state index in [4.69, 9.17) is 23.6 Å². The predicted molar refractivity (Wildman–Crippen MR) is 144 cm³/mol. The quantitative estimate of drug-likeness (QED) is 0.383. The molecule has 1 amide bonds.